The topological polar surface area (TPSA) is 26.3 Å². The van der Waals surface area contributed by atoms with E-state index in [4.69, 9.17) is 16.3 Å². The quantitative estimate of drug-likeness (QED) is 0.403. The van der Waals surface area contributed by atoms with Gasteiger partial charge in [0.1, 0.15) is 17.5 Å². The number of halogens is 5. The van der Waals surface area contributed by atoms with Gasteiger partial charge in [-0.3, -0.25) is 4.79 Å². The van der Waals surface area contributed by atoms with Gasteiger partial charge in [0, 0.05) is 11.1 Å². The molecule has 0 spiro atoms. The summed E-state index contributed by atoms with van der Waals surface area (Å²) in [5.41, 5.74) is 0.545. The zero-order chi connectivity index (χ0) is 21.4. The molecule has 0 aliphatic heterocycles. The first-order valence-electron chi connectivity index (χ1n) is 8.97. The molecule has 2 atom stereocenters. The van der Waals surface area contributed by atoms with Crippen LogP contribution in [-0.4, -0.2) is 12.1 Å². The number of alkyl halides is 3. The van der Waals surface area contributed by atoms with Gasteiger partial charge in [-0.25, -0.2) is 4.39 Å². The predicted octanol–water partition coefficient (Wildman–Crippen LogP) is 6.49. The first-order chi connectivity index (χ1) is 13.5. The molecule has 0 aromatic heterocycles. The summed E-state index contributed by atoms with van der Waals surface area (Å²) in [7, 11) is 0. The molecule has 0 heterocycles. The van der Waals surface area contributed by atoms with Crippen LogP contribution in [0.2, 0.25) is 0 Å². The molecule has 2 unspecified atom stereocenters. The van der Waals surface area contributed by atoms with Gasteiger partial charge >= 0.3 is 12.1 Å². The van der Waals surface area contributed by atoms with Crippen molar-refractivity contribution >= 4 is 17.6 Å². The Kier molecular flexibility index (Phi) is 5.77. The molecule has 29 heavy (non-hydrogen) atoms. The number of carbonyl (C=O) groups excluding carboxylic acids is 1. The fourth-order valence-corrected chi connectivity index (χ4v) is 3.60. The maximum atomic E-state index is 14.8. The van der Waals surface area contributed by atoms with Gasteiger partial charge in [-0.15, -0.1) is 0 Å². The second-order valence-electron chi connectivity index (χ2n) is 7.59. The second-order valence-corrected chi connectivity index (χ2v) is 8.00. The van der Waals surface area contributed by atoms with E-state index in [0.717, 1.165) is 6.08 Å². The molecule has 2 aromatic rings. The summed E-state index contributed by atoms with van der Waals surface area (Å²) < 4.78 is 58.0. The van der Waals surface area contributed by atoms with Gasteiger partial charge in [-0.2, -0.15) is 13.2 Å². The number of benzene rings is 2. The van der Waals surface area contributed by atoms with Gasteiger partial charge < -0.3 is 4.74 Å². The van der Waals surface area contributed by atoms with E-state index in [1.54, 1.807) is 50.2 Å². The number of hydrogen-bond acceptors (Lipinski definition) is 2. The van der Waals surface area contributed by atoms with E-state index in [9.17, 15) is 22.4 Å². The Bertz CT molecular complexity index is 936. The molecule has 1 saturated carbocycles. The zero-order valence-corrected chi connectivity index (χ0v) is 16.5. The molecule has 1 aliphatic carbocycles. The van der Waals surface area contributed by atoms with Crippen molar-refractivity contribution in [1.82, 2.24) is 0 Å². The Hall–Kier alpha value is -2.34. The Morgan fingerprint density at radius 3 is 2.41 bits per heavy atom. The number of esters is 1. The van der Waals surface area contributed by atoms with Crippen LogP contribution in [0.4, 0.5) is 17.6 Å². The average Bonchev–Trinajstić information content (AvgIpc) is 3.20. The third-order valence-electron chi connectivity index (χ3n) is 5.29. The monoisotopic (exact) mass is 426 g/mol. The summed E-state index contributed by atoms with van der Waals surface area (Å²) in [4.78, 5) is 12.4. The van der Waals surface area contributed by atoms with Crippen molar-refractivity contribution in [2.24, 2.45) is 17.3 Å². The summed E-state index contributed by atoms with van der Waals surface area (Å²) in [6.45, 7) is 3.02. The van der Waals surface area contributed by atoms with E-state index in [1.165, 1.54) is 6.07 Å². The molecule has 3 rings (SSSR count). The number of carbonyl (C=O) groups is 1. The zero-order valence-electron chi connectivity index (χ0n) is 15.8. The maximum Gasteiger partial charge on any atom is 0.426 e. The molecule has 0 N–H and O–H groups in total. The number of ether oxygens (including phenoxy) is 1. The molecule has 1 aliphatic rings. The normalized spacial score (nSPS) is 21.0. The molecule has 0 radical (unpaired) electrons. The maximum absolute atomic E-state index is 14.8. The van der Waals surface area contributed by atoms with Crippen molar-refractivity contribution in [3.8, 4) is 11.1 Å². The minimum atomic E-state index is -4.66. The van der Waals surface area contributed by atoms with Gasteiger partial charge in [0.25, 0.3) is 0 Å². The fourth-order valence-electron chi connectivity index (χ4n) is 3.46. The van der Waals surface area contributed by atoms with E-state index in [-0.39, 0.29) is 12.2 Å². The fraction of sp³-hybridized carbons (Fsp3) is 0.318. The van der Waals surface area contributed by atoms with Crippen molar-refractivity contribution in [2.75, 3.05) is 0 Å². The van der Waals surface area contributed by atoms with Crippen molar-refractivity contribution in [1.29, 1.82) is 0 Å². The SMILES string of the molecule is CC1(C)C(/C=C(\Cl)C(F)(F)F)C1C(=O)OCc1cccc(-c2ccccc2)c1F. The molecular weight excluding hydrogens is 408 g/mol. The lowest BCUT2D eigenvalue weighted by Crippen LogP contribution is -2.11. The Morgan fingerprint density at radius 1 is 1.14 bits per heavy atom. The summed E-state index contributed by atoms with van der Waals surface area (Å²) in [5.74, 6) is -2.63. The summed E-state index contributed by atoms with van der Waals surface area (Å²) >= 11 is 5.29. The van der Waals surface area contributed by atoms with Crippen molar-refractivity contribution in [3.05, 3.63) is 71.0 Å². The Balaban J connectivity index is 1.70. The largest absolute Gasteiger partial charge is 0.460 e. The molecule has 7 heteroatoms. The average molecular weight is 427 g/mol. The highest BCUT2D eigenvalue weighted by Crippen LogP contribution is 2.60. The standard InChI is InChI=1S/C22H19ClF4O2/c1-21(2)16(11-17(23)22(25,26)27)18(21)20(28)29-12-14-9-6-10-15(19(14)24)13-7-4-3-5-8-13/h3-11,16,18H,12H2,1-2H3/b17-11-. The molecule has 2 nitrogen and oxygen atoms in total. The molecule has 0 bridgehead atoms. The highest BCUT2D eigenvalue weighted by Gasteiger charge is 2.62. The van der Waals surface area contributed by atoms with Gasteiger partial charge in [-0.05, 0) is 16.9 Å². The first kappa shape index (κ1) is 21.4. The van der Waals surface area contributed by atoms with Crippen LogP contribution in [0.5, 0.6) is 0 Å². The molecule has 2 aromatic carbocycles. The van der Waals surface area contributed by atoms with Crippen LogP contribution >= 0.6 is 11.6 Å². The third-order valence-corrected chi connectivity index (χ3v) is 5.64. The summed E-state index contributed by atoms with van der Waals surface area (Å²) in [5, 5.41) is -1.26. The van der Waals surface area contributed by atoms with E-state index in [0.29, 0.717) is 11.1 Å². The van der Waals surface area contributed by atoms with Crippen LogP contribution in [0, 0.1) is 23.1 Å². The molecule has 0 saturated heterocycles. The van der Waals surface area contributed by atoms with E-state index in [1.807, 2.05) is 6.07 Å². The van der Waals surface area contributed by atoms with Crippen LogP contribution < -0.4 is 0 Å². The van der Waals surface area contributed by atoms with Crippen molar-refractivity contribution < 1.29 is 27.1 Å². The van der Waals surface area contributed by atoms with Gasteiger partial charge in [0.05, 0.1) is 5.92 Å². The minimum Gasteiger partial charge on any atom is -0.460 e. The molecular formula is C22H19ClF4O2. The first-order valence-corrected chi connectivity index (χ1v) is 9.35. The Morgan fingerprint density at radius 2 is 1.79 bits per heavy atom. The third kappa shape index (κ3) is 4.47. The second kappa shape index (κ2) is 7.82. The molecule has 154 valence electrons. The van der Waals surface area contributed by atoms with Crippen LogP contribution in [-0.2, 0) is 16.1 Å². The summed E-state index contributed by atoms with van der Waals surface area (Å²) in [6, 6.07) is 13.7. The number of rotatable bonds is 5. The van der Waals surface area contributed by atoms with Crippen molar-refractivity contribution in [2.45, 2.75) is 26.6 Å². The number of hydrogen-bond donors (Lipinski definition) is 0. The lowest BCUT2D eigenvalue weighted by molar-refractivity contribution is -0.147. The van der Waals surface area contributed by atoms with E-state index in [2.05, 4.69) is 0 Å². The highest BCUT2D eigenvalue weighted by atomic mass is 35.5. The molecule has 1 fully saturated rings. The van der Waals surface area contributed by atoms with Crippen LogP contribution in [0.25, 0.3) is 11.1 Å². The van der Waals surface area contributed by atoms with E-state index >= 15 is 0 Å². The smallest absolute Gasteiger partial charge is 0.426 e. The highest BCUT2D eigenvalue weighted by molar-refractivity contribution is 6.30. The number of allylic oxidation sites excluding steroid dienone is 2. The Labute approximate surface area is 171 Å². The van der Waals surface area contributed by atoms with E-state index < -0.39 is 40.2 Å². The minimum absolute atomic E-state index is 0.193. The lowest BCUT2D eigenvalue weighted by Gasteiger charge is -2.10. The van der Waals surface area contributed by atoms with Crippen LogP contribution in [0.15, 0.2) is 59.6 Å². The van der Waals surface area contributed by atoms with Crippen LogP contribution in [0.1, 0.15) is 19.4 Å². The lowest BCUT2D eigenvalue weighted by atomic mass is 10.0. The van der Waals surface area contributed by atoms with Gasteiger partial charge in [0.15, 0.2) is 0 Å². The summed E-state index contributed by atoms with van der Waals surface area (Å²) in [6.07, 6.45) is -3.81. The predicted molar refractivity (Wildman–Crippen MR) is 102 cm³/mol. The van der Waals surface area contributed by atoms with Crippen molar-refractivity contribution in [3.63, 3.8) is 0 Å². The van der Waals surface area contributed by atoms with Gasteiger partial charge in [-0.1, -0.05) is 80.1 Å². The molecule has 0 amide bonds. The van der Waals surface area contributed by atoms with Crippen LogP contribution in [0.3, 0.4) is 0 Å². The van der Waals surface area contributed by atoms with Gasteiger partial charge in [0.2, 0.25) is 0 Å².